The molecule has 2 aromatic heterocycles. The van der Waals surface area contributed by atoms with Crippen molar-refractivity contribution in [2.24, 2.45) is 5.92 Å². The largest absolute Gasteiger partial charge is 0.480 e. The van der Waals surface area contributed by atoms with Crippen LogP contribution < -0.4 is 21.3 Å². The van der Waals surface area contributed by atoms with Crippen LogP contribution in [-0.2, 0) is 40.1 Å². The van der Waals surface area contributed by atoms with Gasteiger partial charge in [-0.15, -0.1) is 0 Å². The molecular formula is C53H62N8O5. The van der Waals surface area contributed by atoms with Crippen molar-refractivity contribution in [3.05, 3.63) is 136 Å². The van der Waals surface area contributed by atoms with E-state index in [-0.39, 0.29) is 11.8 Å². The maximum Gasteiger partial charge on any atom is 0.325 e. The molecule has 1 amide bonds. The standard InChI is InChI=1S/C53H62N8O5/c62-51(38-21-28-60(29-22-38)47(52(63)64)35-10-3-1-4-11-35)58-43-19-17-39(45(34-43)46-20-18-37-14-7-26-55-49(37)59-46)32-40-33-42(57-50-44(40)16-9-27-56-50)15-8-25-54-41-23-30-61(31-24-41)48(53(65)66)36-12-5-2-6-13-36/h1-6,10-13,17-20,33-34,38,41,47-48,54H,7-9,14-16,21-32H2,(H,55,59)(H,56,57)(H,58,62)(H,63,64)(H,65,66). The summed E-state index contributed by atoms with van der Waals surface area (Å²) in [4.78, 5) is 52.8. The summed E-state index contributed by atoms with van der Waals surface area (Å²) in [6, 6.07) is 30.6. The van der Waals surface area contributed by atoms with Crippen molar-refractivity contribution >= 4 is 35.2 Å². The van der Waals surface area contributed by atoms with Crippen LogP contribution in [0.25, 0.3) is 11.3 Å². The fourth-order valence-electron chi connectivity index (χ4n) is 10.5. The Balaban J connectivity index is 0.876. The number of nitrogens with one attached hydrogen (secondary N) is 4. The third-order valence-corrected chi connectivity index (χ3v) is 14.0. The molecule has 2 unspecified atom stereocenters. The molecular weight excluding hydrogens is 829 g/mol. The zero-order valence-electron chi connectivity index (χ0n) is 37.7. The highest BCUT2D eigenvalue weighted by atomic mass is 16.4. The van der Waals surface area contributed by atoms with Crippen molar-refractivity contribution < 1.29 is 24.6 Å². The van der Waals surface area contributed by atoms with Crippen LogP contribution in [0.1, 0.15) is 96.1 Å². The molecule has 2 saturated heterocycles. The number of carbonyl (C=O) groups excluding carboxylic acids is 1. The van der Waals surface area contributed by atoms with Gasteiger partial charge in [-0.25, -0.2) is 9.97 Å². The first-order valence-corrected chi connectivity index (χ1v) is 24.0. The minimum Gasteiger partial charge on any atom is -0.480 e. The van der Waals surface area contributed by atoms with E-state index in [1.54, 1.807) is 0 Å². The summed E-state index contributed by atoms with van der Waals surface area (Å²) in [5.74, 6) is -0.0524. The zero-order chi connectivity index (χ0) is 45.4. The number of anilines is 3. The molecule has 2 atom stereocenters. The number of carbonyl (C=O) groups is 3. The maximum atomic E-state index is 13.9. The number of piperidine rings is 2. The molecule has 3 aromatic carbocycles. The highest BCUT2D eigenvalue weighted by molar-refractivity contribution is 5.93. The number of benzene rings is 3. The topological polar surface area (TPSA) is 172 Å². The Morgan fingerprint density at radius 1 is 0.697 bits per heavy atom. The molecule has 0 bridgehead atoms. The van der Waals surface area contributed by atoms with Gasteiger partial charge in [0.05, 0.1) is 5.69 Å². The van der Waals surface area contributed by atoms with E-state index < -0.39 is 24.0 Å². The molecule has 0 saturated carbocycles. The molecule has 2 fully saturated rings. The van der Waals surface area contributed by atoms with Crippen molar-refractivity contribution in [2.45, 2.75) is 88.8 Å². The van der Waals surface area contributed by atoms with Gasteiger partial charge in [-0.1, -0.05) is 72.8 Å². The second-order valence-corrected chi connectivity index (χ2v) is 18.4. The molecule has 66 heavy (non-hydrogen) atoms. The van der Waals surface area contributed by atoms with Gasteiger partial charge in [0, 0.05) is 68.2 Å². The van der Waals surface area contributed by atoms with E-state index in [2.05, 4.69) is 56.5 Å². The van der Waals surface area contributed by atoms with Gasteiger partial charge in [0.2, 0.25) is 5.91 Å². The Labute approximate surface area is 387 Å². The van der Waals surface area contributed by atoms with Crippen LogP contribution in [0.4, 0.5) is 17.3 Å². The lowest BCUT2D eigenvalue weighted by molar-refractivity contribution is -0.145. The molecule has 344 valence electrons. The summed E-state index contributed by atoms with van der Waals surface area (Å²) in [5.41, 5.74) is 10.1. The van der Waals surface area contributed by atoms with E-state index in [0.717, 1.165) is 135 Å². The summed E-state index contributed by atoms with van der Waals surface area (Å²) in [7, 11) is 0. The summed E-state index contributed by atoms with van der Waals surface area (Å²) >= 11 is 0. The van der Waals surface area contributed by atoms with Gasteiger partial charge >= 0.3 is 11.9 Å². The fraction of sp³-hybridized carbons (Fsp3) is 0.415. The first-order chi connectivity index (χ1) is 32.3. The lowest BCUT2D eigenvalue weighted by Crippen LogP contribution is -2.45. The van der Waals surface area contributed by atoms with Crippen molar-refractivity contribution in [1.82, 2.24) is 25.1 Å². The van der Waals surface area contributed by atoms with Gasteiger partial charge in [0.15, 0.2) is 0 Å². The van der Waals surface area contributed by atoms with Crippen LogP contribution in [0.3, 0.4) is 0 Å². The van der Waals surface area contributed by atoms with Crippen molar-refractivity contribution in [1.29, 1.82) is 0 Å². The third-order valence-electron chi connectivity index (χ3n) is 14.0. The average Bonchev–Trinajstić information content (AvgIpc) is 3.34. The SMILES string of the molecule is O=C(Nc1ccc(Cc2cc(CCCNC3CCN(C(C(=O)O)c4ccccc4)CC3)nc3c2CCCN3)c(-c2ccc3c(n2)NCCC3)c1)C1CCN(C(C(=O)O)c2ccccc2)CC1. The predicted molar refractivity (Wildman–Crippen MR) is 258 cm³/mol. The number of hydrogen-bond acceptors (Lipinski definition) is 10. The molecule has 6 heterocycles. The molecule has 13 nitrogen and oxygen atoms in total. The summed E-state index contributed by atoms with van der Waals surface area (Å²) < 4.78 is 0. The summed E-state index contributed by atoms with van der Waals surface area (Å²) in [6.45, 7) is 5.17. The van der Waals surface area contributed by atoms with Crippen LogP contribution >= 0.6 is 0 Å². The molecule has 0 aliphatic carbocycles. The first-order valence-electron chi connectivity index (χ1n) is 24.0. The number of nitrogens with zero attached hydrogens (tertiary/aromatic N) is 4. The van der Waals surface area contributed by atoms with E-state index in [9.17, 15) is 24.6 Å². The Kier molecular flexibility index (Phi) is 14.3. The molecule has 4 aliphatic rings. The quantitative estimate of drug-likeness (QED) is 0.0534. The third kappa shape index (κ3) is 10.6. The van der Waals surface area contributed by atoms with Crippen molar-refractivity contribution in [3.63, 3.8) is 0 Å². The normalized spacial score (nSPS) is 17.9. The first kappa shape index (κ1) is 45.0. The Bertz CT molecular complexity index is 2490. The maximum absolute atomic E-state index is 13.9. The number of carboxylic acid groups (broad SMARTS) is 2. The van der Waals surface area contributed by atoms with Gasteiger partial charge in [0.25, 0.3) is 0 Å². The minimum absolute atomic E-state index is 0.0474. The van der Waals surface area contributed by atoms with Gasteiger partial charge in [-0.3, -0.25) is 24.2 Å². The Hall–Kier alpha value is -6.15. The lowest BCUT2D eigenvalue weighted by atomic mass is 9.91. The van der Waals surface area contributed by atoms with Crippen LogP contribution in [0.15, 0.2) is 97.1 Å². The molecule has 9 rings (SSSR count). The van der Waals surface area contributed by atoms with Gasteiger partial charge in [-0.05, 0) is 135 Å². The lowest BCUT2D eigenvalue weighted by Gasteiger charge is -2.36. The van der Waals surface area contributed by atoms with Crippen LogP contribution in [-0.4, -0.2) is 99.7 Å². The molecule has 0 radical (unpaired) electrons. The van der Waals surface area contributed by atoms with Crippen molar-refractivity contribution in [2.75, 3.05) is 61.8 Å². The van der Waals surface area contributed by atoms with E-state index in [0.29, 0.717) is 38.4 Å². The number of aromatic nitrogens is 2. The second kappa shape index (κ2) is 21.0. The highest BCUT2D eigenvalue weighted by Gasteiger charge is 2.34. The smallest absolute Gasteiger partial charge is 0.325 e. The van der Waals surface area contributed by atoms with Crippen LogP contribution in [0.5, 0.6) is 0 Å². The molecule has 6 N–H and O–H groups in total. The zero-order valence-corrected chi connectivity index (χ0v) is 37.7. The number of hydrogen-bond donors (Lipinski definition) is 6. The average molecular weight is 891 g/mol. The van der Waals surface area contributed by atoms with E-state index >= 15 is 0 Å². The predicted octanol–water partition coefficient (Wildman–Crippen LogP) is 7.74. The van der Waals surface area contributed by atoms with Gasteiger partial charge < -0.3 is 31.5 Å². The van der Waals surface area contributed by atoms with Crippen LogP contribution in [0, 0.1) is 5.92 Å². The number of carboxylic acids is 2. The van der Waals surface area contributed by atoms with Crippen molar-refractivity contribution in [3.8, 4) is 11.3 Å². The van der Waals surface area contributed by atoms with E-state index in [1.165, 1.54) is 16.7 Å². The summed E-state index contributed by atoms with van der Waals surface area (Å²) in [5, 5.41) is 34.2. The summed E-state index contributed by atoms with van der Waals surface area (Å²) in [6.07, 6.45) is 9.50. The molecule has 5 aromatic rings. The number of fused-ring (bicyclic) bond motifs is 2. The number of likely N-dealkylation sites (tertiary alicyclic amines) is 2. The number of aryl methyl sites for hydroxylation is 2. The van der Waals surface area contributed by atoms with E-state index in [4.69, 9.17) is 9.97 Å². The number of aliphatic carboxylic acids is 2. The fourth-order valence-corrected chi connectivity index (χ4v) is 10.5. The van der Waals surface area contributed by atoms with Crippen LogP contribution in [0.2, 0.25) is 0 Å². The Morgan fingerprint density at radius 2 is 1.33 bits per heavy atom. The molecule has 4 aliphatic heterocycles. The van der Waals surface area contributed by atoms with Gasteiger partial charge in [-0.2, -0.15) is 0 Å². The van der Waals surface area contributed by atoms with E-state index in [1.807, 2.05) is 71.6 Å². The molecule has 13 heteroatoms. The Morgan fingerprint density at radius 3 is 2.00 bits per heavy atom. The monoisotopic (exact) mass is 890 g/mol. The van der Waals surface area contributed by atoms with Gasteiger partial charge in [0.1, 0.15) is 23.7 Å². The number of amides is 1. The highest BCUT2D eigenvalue weighted by Crippen LogP contribution is 2.35. The minimum atomic E-state index is -0.877. The number of rotatable bonds is 16. The number of pyridine rings is 2. The molecule has 0 spiro atoms. The second-order valence-electron chi connectivity index (χ2n) is 18.4.